The van der Waals surface area contributed by atoms with Gasteiger partial charge < -0.3 is 19.7 Å². The largest absolute Gasteiger partial charge is 0.497 e. The summed E-state index contributed by atoms with van der Waals surface area (Å²) in [5.74, 6) is 0.898. The van der Waals surface area contributed by atoms with Crippen molar-refractivity contribution in [1.29, 1.82) is 0 Å². The van der Waals surface area contributed by atoms with E-state index in [0.29, 0.717) is 23.7 Å². The summed E-state index contributed by atoms with van der Waals surface area (Å²) < 4.78 is 10.7. The molecule has 6 heteroatoms. The Morgan fingerprint density at radius 3 is 2.41 bits per heavy atom. The van der Waals surface area contributed by atoms with Crippen molar-refractivity contribution in [3.8, 4) is 11.5 Å². The molecule has 2 aromatic rings. The van der Waals surface area contributed by atoms with Gasteiger partial charge in [0.15, 0.2) is 6.61 Å². The van der Waals surface area contributed by atoms with E-state index in [-0.39, 0.29) is 25.0 Å². The molecule has 2 amide bonds. The lowest BCUT2D eigenvalue weighted by Gasteiger charge is -2.21. The Bertz CT molecular complexity index is 787. The molecule has 0 unspecified atom stereocenters. The number of likely N-dealkylation sites (N-methyl/N-ethyl adjacent to an activating group) is 1. The number of anilines is 1. The van der Waals surface area contributed by atoms with Gasteiger partial charge in [-0.15, -0.1) is 0 Å². The second-order valence-corrected chi connectivity index (χ2v) is 6.17. The average Bonchev–Trinajstić information content (AvgIpc) is 2.67. The maximum Gasteiger partial charge on any atom is 0.260 e. The third kappa shape index (κ3) is 5.74. The molecule has 27 heavy (non-hydrogen) atoms. The maximum atomic E-state index is 12.4. The molecule has 144 valence electrons. The number of rotatable bonds is 8. The van der Waals surface area contributed by atoms with Crippen molar-refractivity contribution in [2.75, 3.05) is 32.1 Å². The van der Waals surface area contributed by atoms with Gasteiger partial charge in [0, 0.05) is 12.2 Å². The minimum atomic E-state index is -0.262. The summed E-state index contributed by atoms with van der Waals surface area (Å²) in [5.41, 5.74) is 2.76. The molecule has 1 N–H and O–H groups in total. The molecule has 6 nitrogen and oxygen atoms in total. The lowest BCUT2D eigenvalue weighted by molar-refractivity contribution is -0.136. The van der Waals surface area contributed by atoms with Crippen LogP contribution in [0.25, 0.3) is 0 Å². The van der Waals surface area contributed by atoms with Crippen molar-refractivity contribution >= 4 is 17.5 Å². The molecule has 0 saturated carbocycles. The highest BCUT2D eigenvalue weighted by molar-refractivity contribution is 5.94. The van der Waals surface area contributed by atoms with Crippen molar-refractivity contribution in [2.45, 2.75) is 20.8 Å². The van der Waals surface area contributed by atoms with Crippen LogP contribution < -0.4 is 14.8 Å². The van der Waals surface area contributed by atoms with Crippen molar-refractivity contribution in [3.05, 3.63) is 53.6 Å². The Labute approximate surface area is 160 Å². The molecule has 0 atom stereocenters. The van der Waals surface area contributed by atoms with Gasteiger partial charge >= 0.3 is 0 Å². The average molecular weight is 370 g/mol. The predicted octanol–water partition coefficient (Wildman–Crippen LogP) is 3.18. The smallest absolute Gasteiger partial charge is 0.260 e. The van der Waals surface area contributed by atoms with Gasteiger partial charge in [0.25, 0.3) is 5.91 Å². The van der Waals surface area contributed by atoms with E-state index in [9.17, 15) is 9.59 Å². The normalized spacial score (nSPS) is 10.2. The molecular weight excluding hydrogens is 344 g/mol. The van der Waals surface area contributed by atoms with Crippen LogP contribution >= 0.6 is 0 Å². The van der Waals surface area contributed by atoms with E-state index in [0.717, 1.165) is 11.1 Å². The number of ether oxygens (including phenoxy) is 2. The predicted molar refractivity (Wildman–Crippen MR) is 105 cm³/mol. The van der Waals surface area contributed by atoms with Crippen LogP contribution in [0.1, 0.15) is 18.1 Å². The van der Waals surface area contributed by atoms with Crippen LogP contribution in [0.5, 0.6) is 11.5 Å². The number of carbonyl (C=O) groups excluding carboxylic acids is 2. The highest BCUT2D eigenvalue weighted by Gasteiger charge is 2.17. The molecule has 0 aromatic heterocycles. The van der Waals surface area contributed by atoms with Crippen LogP contribution in [0.3, 0.4) is 0 Å². The van der Waals surface area contributed by atoms with E-state index in [1.165, 1.54) is 4.90 Å². The number of benzene rings is 2. The number of nitrogens with one attached hydrogen (secondary N) is 1. The summed E-state index contributed by atoms with van der Waals surface area (Å²) in [6, 6.07) is 12.7. The highest BCUT2D eigenvalue weighted by Crippen LogP contribution is 2.20. The number of aryl methyl sites for hydroxylation is 1. The van der Waals surface area contributed by atoms with Gasteiger partial charge in [-0.25, -0.2) is 0 Å². The van der Waals surface area contributed by atoms with Crippen molar-refractivity contribution in [2.24, 2.45) is 0 Å². The second kappa shape index (κ2) is 9.62. The van der Waals surface area contributed by atoms with Crippen LogP contribution in [-0.2, 0) is 9.59 Å². The van der Waals surface area contributed by atoms with Gasteiger partial charge in [-0.3, -0.25) is 9.59 Å². The minimum Gasteiger partial charge on any atom is -0.497 e. The Hall–Kier alpha value is -3.02. The Morgan fingerprint density at radius 1 is 1.07 bits per heavy atom. The first-order valence-corrected chi connectivity index (χ1v) is 8.85. The standard InChI is InChI=1S/C21H26N2O4/c1-5-23(13-20(24)22-17-9-11-18(26-4)12-10-17)21(25)14-27-19-8-6-7-15(2)16(19)3/h6-12H,5,13-14H2,1-4H3,(H,22,24). The summed E-state index contributed by atoms with van der Waals surface area (Å²) in [5, 5.41) is 2.77. The molecule has 0 aliphatic heterocycles. The lowest BCUT2D eigenvalue weighted by Crippen LogP contribution is -2.40. The van der Waals surface area contributed by atoms with E-state index in [1.54, 1.807) is 31.4 Å². The summed E-state index contributed by atoms with van der Waals surface area (Å²) in [6.07, 6.45) is 0. The first-order valence-electron chi connectivity index (χ1n) is 8.85. The quantitative estimate of drug-likeness (QED) is 0.775. The second-order valence-electron chi connectivity index (χ2n) is 6.17. The van der Waals surface area contributed by atoms with E-state index < -0.39 is 0 Å². The Kier molecular flexibility index (Phi) is 7.23. The monoisotopic (exact) mass is 370 g/mol. The molecule has 0 radical (unpaired) electrons. The maximum absolute atomic E-state index is 12.4. The zero-order chi connectivity index (χ0) is 19.8. The first kappa shape index (κ1) is 20.3. The lowest BCUT2D eigenvalue weighted by atomic mass is 10.1. The molecule has 0 saturated heterocycles. The van der Waals surface area contributed by atoms with Gasteiger partial charge in [0.2, 0.25) is 5.91 Å². The van der Waals surface area contributed by atoms with Crippen molar-refractivity contribution in [1.82, 2.24) is 4.90 Å². The highest BCUT2D eigenvalue weighted by atomic mass is 16.5. The molecule has 0 heterocycles. The van der Waals surface area contributed by atoms with Gasteiger partial charge in [-0.2, -0.15) is 0 Å². The molecule has 0 bridgehead atoms. The summed E-state index contributed by atoms with van der Waals surface area (Å²) >= 11 is 0. The van der Waals surface area contributed by atoms with Gasteiger partial charge in [0.1, 0.15) is 11.5 Å². The van der Waals surface area contributed by atoms with E-state index in [4.69, 9.17) is 9.47 Å². The van der Waals surface area contributed by atoms with Crippen LogP contribution in [0.2, 0.25) is 0 Å². The summed E-state index contributed by atoms with van der Waals surface area (Å²) in [4.78, 5) is 26.1. The van der Waals surface area contributed by atoms with Gasteiger partial charge in [-0.1, -0.05) is 12.1 Å². The molecule has 2 rings (SSSR count). The van der Waals surface area contributed by atoms with Crippen molar-refractivity contribution < 1.29 is 19.1 Å². The first-order chi connectivity index (χ1) is 12.9. The minimum absolute atomic E-state index is 0.0302. The van der Waals surface area contributed by atoms with E-state index in [1.807, 2.05) is 39.0 Å². The molecule has 0 spiro atoms. The summed E-state index contributed by atoms with van der Waals surface area (Å²) in [6.45, 7) is 6.06. The van der Waals surface area contributed by atoms with E-state index in [2.05, 4.69) is 5.32 Å². The number of hydrogen-bond donors (Lipinski definition) is 1. The zero-order valence-electron chi connectivity index (χ0n) is 16.2. The fraction of sp³-hybridized carbons (Fsp3) is 0.333. The van der Waals surface area contributed by atoms with Crippen LogP contribution in [-0.4, -0.2) is 43.5 Å². The van der Waals surface area contributed by atoms with E-state index >= 15 is 0 Å². The molecule has 0 aliphatic rings. The van der Waals surface area contributed by atoms with Gasteiger partial charge in [-0.05, 0) is 62.2 Å². The molecule has 0 fully saturated rings. The number of nitrogens with zero attached hydrogens (tertiary/aromatic N) is 1. The fourth-order valence-corrected chi connectivity index (χ4v) is 2.54. The topological polar surface area (TPSA) is 67.9 Å². The fourth-order valence-electron chi connectivity index (χ4n) is 2.54. The van der Waals surface area contributed by atoms with Gasteiger partial charge in [0.05, 0.1) is 13.7 Å². The summed E-state index contributed by atoms with van der Waals surface area (Å²) in [7, 11) is 1.58. The number of carbonyl (C=O) groups is 2. The SMILES string of the molecule is CCN(CC(=O)Nc1ccc(OC)cc1)C(=O)COc1cccc(C)c1C. The molecule has 2 aromatic carbocycles. The van der Waals surface area contributed by atoms with Crippen LogP contribution in [0.15, 0.2) is 42.5 Å². The Morgan fingerprint density at radius 2 is 1.78 bits per heavy atom. The van der Waals surface area contributed by atoms with Crippen LogP contribution in [0.4, 0.5) is 5.69 Å². The number of methoxy groups -OCH3 is 1. The third-order valence-electron chi connectivity index (χ3n) is 4.35. The zero-order valence-corrected chi connectivity index (χ0v) is 16.2. The number of hydrogen-bond acceptors (Lipinski definition) is 4. The van der Waals surface area contributed by atoms with Crippen LogP contribution in [0, 0.1) is 13.8 Å². The molecule has 0 aliphatic carbocycles. The van der Waals surface area contributed by atoms with Crippen molar-refractivity contribution in [3.63, 3.8) is 0 Å². The Balaban J connectivity index is 1.89. The molecular formula is C21H26N2O4. The number of amides is 2. The third-order valence-corrected chi connectivity index (χ3v) is 4.35.